The molecule has 0 aromatic carbocycles. The molecule has 0 spiro atoms. The van der Waals surface area contributed by atoms with Gasteiger partial charge in [0.1, 0.15) is 0 Å². The number of carbonyl (C=O) groups is 4. The second-order valence-corrected chi connectivity index (χ2v) is 17.7. The molecule has 16 nitrogen and oxygen atoms in total. The van der Waals surface area contributed by atoms with Crippen molar-refractivity contribution in [2.45, 2.75) is 135 Å². The molecular weight excluding hydrogens is 1060 g/mol. The van der Waals surface area contributed by atoms with E-state index in [1.54, 1.807) is 184 Å². The average Bonchev–Trinajstić information content (AvgIpc) is 3.19. The molecule has 0 aliphatic heterocycles. The smallest absolute Gasteiger partial charge is 0.848 e. The predicted molar refractivity (Wildman–Crippen MR) is 228 cm³/mol. The third-order valence-corrected chi connectivity index (χ3v) is 6.87. The molecule has 392 valence electrons. The second-order valence-electron chi connectivity index (χ2n) is 17.7. The van der Waals surface area contributed by atoms with Gasteiger partial charge in [0.25, 0.3) is 0 Å². The van der Waals surface area contributed by atoms with Gasteiger partial charge in [0, 0.05) is 93.1 Å². The number of hydrogen-bond donors (Lipinski definition) is 0. The van der Waals surface area contributed by atoms with Crippen molar-refractivity contribution < 1.29 is 126 Å². The summed E-state index contributed by atoms with van der Waals surface area (Å²) < 4.78 is 0. The van der Waals surface area contributed by atoms with Crippen molar-refractivity contribution in [2.24, 2.45) is 21.7 Å². The quantitative estimate of drug-likeness (QED) is 0.259. The van der Waals surface area contributed by atoms with Crippen molar-refractivity contribution in [3.05, 3.63) is 120 Å². The number of aliphatic carboxylic acids is 4. The average molecular weight is 1130 g/mol. The zero-order valence-electron chi connectivity index (χ0n) is 41.5. The molecule has 4 heterocycles. The first-order valence-corrected chi connectivity index (χ1v) is 20.1. The third-order valence-electron chi connectivity index (χ3n) is 6.87. The van der Waals surface area contributed by atoms with E-state index >= 15 is 0 Å². The number of hydrogen-bond acceptors (Lipinski definition) is 16. The molecule has 0 amide bonds. The number of carbonyl (C=O) groups excluding carboxylic acids is 4. The summed E-state index contributed by atoms with van der Waals surface area (Å²) in [6.45, 7) is 25.5. The first-order chi connectivity index (χ1) is 29.0. The van der Waals surface area contributed by atoms with E-state index in [1.165, 1.54) is 0 Å². The Kier molecular flexibility index (Phi) is 50.4. The van der Waals surface area contributed by atoms with Gasteiger partial charge in [-0.3, -0.25) is 19.9 Å². The normalized spacial score (nSPS) is 11.6. The van der Waals surface area contributed by atoms with E-state index in [9.17, 15) is 60.0 Å². The van der Waals surface area contributed by atoms with E-state index < -0.39 is 70.0 Å². The monoisotopic (exact) mass is 1120 g/mol. The van der Waals surface area contributed by atoms with Crippen LogP contribution in [0.5, 0.6) is 0 Å². The fraction of sp³-hybridized carbons (Fsp3) is 0.500. The van der Waals surface area contributed by atoms with Gasteiger partial charge in [0.2, 0.25) is 0 Å². The van der Waals surface area contributed by atoms with Crippen molar-refractivity contribution >= 4 is 23.9 Å². The van der Waals surface area contributed by atoms with Gasteiger partial charge < -0.3 is 60.0 Å². The van der Waals surface area contributed by atoms with Gasteiger partial charge in [-0.2, -0.15) is 0 Å². The summed E-state index contributed by atoms with van der Waals surface area (Å²) in [5.41, 5.74) is -0.343. The van der Waals surface area contributed by atoms with Crippen LogP contribution in [0.15, 0.2) is 97.6 Å². The zero-order chi connectivity index (χ0) is 51.1. The molecule has 68 heavy (non-hydrogen) atoms. The Morgan fingerprint density at radius 2 is 0.456 bits per heavy atom. The van der Waals surface area contributed by atoms with Crippen LogP contribution >= 0.6 is 0 Å². The first-order valence-electron chi connectivity index (χ1n) is 20.1. The Labute approximate surface area is 444 Å². The van der Waals surface area contributed by atoms with Crippen molar-refractivity contribution in [2.75, 3.05) is 0 Å². The van der Waals surface area contributed by atoms with Crippen molar-refractivity contribution in [3.63, 3.8) is 0 Å². The van der Waals surface area contributed by atoms with Crippen molar-refractivity contribution in [1.82, 2.24) is 19.9 Å². The summed E-state index contributed by atoms with van der Waals surface area (Å²) in [6, 6.07) is 21.4. The van der Waals surface area contributed by atoms with Crippen LogP contribution in [0.4, 0.5) is 0 Å². The van der Waals surface area contributed by atoms with E-state index in [4.69, 9.17) is 0 Å². The van der Waals surface area contributed by atoms with E-state index in [0.29, 0.717) is 22.8 Å². The van der Waals surface area contributed by atoms with Crippen LogP contribution in [0.2, 0.25) is 0 Å². The molecular formula is C48H68N4Ni4O12. The molecule has 0 aliphatic rings. The van der Waals surface area contributed by atoms with Gasteiger partial charge in [0.05, 0.1) is 0 Å². The minimum atomic E-state index is -1.01. The molecule has 4 aromatic heterocycles. The van der Waals surface area contributed by atoms with Crippen LogP contribution in [-0.2, 0) is 85.1 Å². The predicted octanol–water partition coefficient (Wildman–Crippen LogP) is 1.13. The van der Waals surface area contributed by atoms with Gasteiger partial charge in [-0.15, -0.1) is 0 Å². The summed E-state index contributed by atoms with van der Waals surface area (Å²) in [5, 5.41) is 82.3. The number of pyridine rings is 4. The molecule has 4 aromatic rings. The van der Waals surface area contributed by atoms with E-state index in [1.807, 2.05) is 24.3 Å². The summed E-state index contributed by atoms with van der Waals surface area (Å²) in [7, 11) is 0. The van der Waals surface area contributed by atoms with Crippen LogP contribution in [0.3, 0.4) is 0 Å². The molecule has 0 fully saturated rings. The molecule has 0 bridgehead atoms. The maximum atomic E-state index is 10.7. The number of carboxylic acid groups (broad SMARTS) is 4. The molecule has 0 saturated carbocycles. The SMILES string of the molecule is CC(C)(C)C(=O)[O-].CC(C)(C)C(=O)[O-].CC(C)(C)C(=O)[O-].CC(C)(C)C(=O)[O-].C[C@@H]([O-])c1ccccn1.C[C@@H]([O-])c1ccccn1.C[C@@H]([O-])c1ccccn1.C[C@@H]([O-])c1ccccn1.[Ni+2].[Ni+2].[Ni+2].[Ni+2]. The molecule has 20 heteroatoms. The Morgan fingerprint density at radius 1 is 0.338 bits per heavy atom. The standard InChI is InChI=1S/4C7H8NO.4C5H10O2.4Ni/c4*1-6(9)7-4-2-3-5-8-7;4*1-5(2,3)4(6)7;;;;/h4*2-6H,1H3;4*1-3H3,(H,6,7);;;;/q4*-1;;;;;4*+2/p-4/t4*6-;;;;;;;;/m1111......../s1. The number of nitrogens with zero attached hydrogens (tertiary/aromatic N) is 4. The van der Waals surface area contributed by atoms with Gasteiger partial charge in [0.15, 0.2) is 0 Å². The summed E-state index contributed by atoms with van der Waals surface area (Å²) in [4.78, 5) is 55.1. The van der Waals surface area contributed by atoms with Crippen LogP contribution in [-0.4, -0.2) is 43.8 Å². The van der Waals surface area contributed by atoms with Crippen molar-refractivity contribution in [1.29, 1.82) is 0 Å². The summed E-state index contributed by atoms with van der Waals surface area (Å²) in [5.74, 6) is -4.03. The largest absolute Gasteiger partial charge is 2.00 e. The first kappa shape index (κ1) is 81.3. The summed E-state index contributed by atoms with van der Waals surface area (Å²) >= 11 is 0. The fourth-order valence-corrected chi connectivity index (χ4v) is 2.47. The van der Waals surface area contributed by atoms with E-state index in [-0.39, 0.29) is 66.0 Å². The second kappa shape index (κ2) is 42.2. The third kappa shape index (κ3) is 50.2. The van der Waals surface area contributed by atoms with Crippen molar-refractivity contribution in [3.8, 4) is 0 Å². The Balaban J connectivity index is -0.000000100. The fourth-order valence-electron chi connectivity index (χ4n) is 2.47. The minimum Gasteiger partial charge on any atom is -0.848 e. The van der Waals surface area contributed by atoms with Crippen LogP contribution in [0.1, 0.15) is 158 Å². The molecule has 0 aliphatic carbocycles. The van der Waals surface area contributed by atoms with Crippen LogP contribution in [0.25, 0.3) is 0 Å². The van der Waals surface area contributed by atoms with Crippen LogP contribution < -0.4 is 40.9 Å². The van der Waals surface area contributed by atoms with Crippen LogP contribution in [0, 0.1) is 21.7 Å². The Bertz CT molecular complexity index is 1550. The summed E-state index contributed by atoms with van der Waals surface area (Å²) in [6.07, 6.45) is 3.70. The molecule has 0 saturated heterocycles. The number of aromatic nitrogens is 4. The van der Waals surface area contributed by atoms with E-state index in [0.717, 1.165) is 0 Å². The molecule has 4 rings (SSSR count). The molecule has 0 N–H and O–H groups in total. The molecule has 0 radical (unpaired) electrons. The van der Waals surface area contributed by atoms with Gasteiger partial charge in [-0.1, -0.05) is 159 Å². The van der Waals surface area contributed by atoms with E-state index in [2.05, 4.69) is 19.9 Å². The number of rotatable bonds is 4. The topological polar surface area (TPSA) is 304 Å². The molecule has 4 atom stereocenters. The maximum absolute atomic E-state index is 10.7. The Morgan fingerprint density at radius 3 is 0.500 bits per heavy atom. The maximum Gasteiger partial charge on any atom is 2.00 e. The van der Waals surface area contributed by atoms with Gasteiger partial charge >= 0.3 is 66.0 Å². The Hall–Kier alpha value is -3.71. The zero-order valence-corrected chi connectivity index (χ0v) is 45.5. The minimum absolute atomic E-state index is 0. The van der Waals surface area contributed by atoms with Gasteiger partial charge in [-0.05, 0) is 48.5 Å². The van der Waals surface area contributed by atoms with Gasteiger partial charge in [-0.25, -0.2) is 0 Å². The number of carboxylic acids is 4. The molecule has 0 unspecified atom stereocenters.